The number of hydrogen-bond donors (Lipinski definition) is 2. The number of hydrazone groups is 1. The number of nitrogens with one attached hydrogen (secondary N) is 2. The Morgan fingerprint density at radius 3 is 2.26 bits per heavy atom. The van der Waals surface area contributed by atoms with Crippen molar-refractivity contribution in [3.8, 4) is 5.75 Å². The number of benzene rings is 3. The summed E-state index contributed by atoms with van der Waals surface area (Å²) >= 11 is 9.08. The average molecular weight is 501 g/mol. The molecule has 3 aromatic carbocycles. The molecule has 2 amide bonds. The van der Waals surface area contributed by atoms with E-state index in [4.69, 9.17) is 16.3 Å². The van der Waals surface area contributed by atoms with Crippen molar-refractivity contribution in [1.29, 1.82) is 0 Å². The summed E-state index contributed by atoms with van der Waals surface area (Å²) in [6, 6.07) is 19.7. The molecule has 7 nitrogen and oxygen atoms in total. The van der Waals surface area contributed by atoms with E-state index in [1.165, 1.54) is 6.21 Å². The molecule has 0 bridgehead atoms. The van der Waals surface area contributed by atoms with E-state index < -0.39 is 17.8 Å². The van der Waals surface area contributed by atoms with Crippen molar-refractivity contribution in [2.24, 2.45) is 5.10 Å². The molecule has 0 spiro atoms. The van der Waals surface area contributed by atoms with E-state index in [9.17, 15) is 14.4 Å². The van der Waals surface area contributed by atoms with Crippen molar-refractivity contribution in [2.45, 2.75) is 0 Å². The molecule has 0 unspecified atom stereocenters. The lowest BCUT2D eigenvalue weighted by molar-refractivity contribution is -0.136. The van der Waals surface area contributed by atoms with Crippen LogP contribution in [0.4, 0.5) is 5.69 Å². The van der Waals surface area contributed by atoms with E-state index in [0.717, 1.165) is 0 Å². The average Bonchev–Trinajstić information content (AvgIpc) is 2.76. The second-order valence-corrected chi connectivity index (χ2v) is 7.39. The fourth-order valence-electron chi connectivity index (χ4n) is 2.35. The third kappa shape index (κ3) is 6.50. The molecule has 31 heavy (non-hydrogen) atoms. The molecular weight excluding hydrogens is 486 g/mol. The van der Waals surface area contributed by atoms with Gasteiger partial charge in [-0.05, 0) is 82.2 Å². The zero-order chi connectivity index (χ0) is 22.2. The standard InChI is InChI=1S/C22H15BrClN3O4/c23-19-4-2-1-3-18(19)22(30)31-17-11-5-14(6-12-17)13-25-27-21(29)20(28)26-16-9-7-15(24)8-10-16/h1-13H,(H,26,28)(H,27,29)/b25-13+. The summed E-state index contributed by atoms with van der Waals surface area (Å²) in [6.07, 6.45) is 1.35. The normalized spacial score (nSPS) is 10.5. The van der Waals surface area contributed by atoms with E-state index in [1.54, 1.807) is 72.8 Å². The Kier molecular flexibility index (Phi) is 7.53. The number of anilines is 1. The van der Waals surface area contributed by atoms with Gasteiger partial charge in [0, 0.05) is 15.2 Å². The summed E-state index contributed by atoms with van der Waals surface area (Å²) in [5, 5.41) is 6.69. The van der Waals surface area contributed by atoms with Crippen LogP contribution < -0.4 is 15.5 Å². The van der Waals surface area contributed by atoms with E-state index >= 15 is 0 Å². The second-order valence-electron chi connectivity index (χ2n) is 6.10. The summed E-state index contributed by atoms with van der Waals surface area (Å²) in [7, 11) is 0. The van der Waals surface area contributed by atoms with E-state index in [1.807, 2.05) is 0 Å². The van der Waals surface area contributed by atoms with Crippen molar-refractivity contribution in [3.05, 3.63) is 93.4 Å². The molecule has 156 valence electrons. The number of halogens is 2. The van der Waals surface area contributed by atoms with E-state index in [2.05, 4.69) is 31.8 Å². The van der Waals surface area contributed by atoms with Crippen LogP contribution in [0.3, 0.4) is 0 Å². The number of carbonyl (C=O) groups is 3. The summed E-state index contributed by atoms with van der Waals surface area (Å²) in [5.74, 6) is -1.93. The Hall–Kier alpha value is -3.49. The maximum Gasteiger partial charge on any atom is 0.344 e. The maximum atomic E-state index is 12.2. The predicted octanol–water partition coefficient (Wildman–Crippen LogP) is 4.41. The number of amides is 2. The van der Waals surface area contributed by atoms with Crippen LogP contribution in [0.5, 0.6) is 5.75 Å². The molecule has 0 atom stereocenters. The van der Waals surface area contributed by atoms with Crippen LogP contribution in [-0.2, 0) is 9.59 Å². The highest BCUT2D eigenvalue weighted by atomic mass is 79.9. The first-order valence-electron chi connectivity index (χ1n) is 8.89. The minimum Gasteiger partial charge on any atom is -0.423 e. The van der Waals surface area contributed by atoms with Crippen LogP contribution in [0.15, 0.2) is 82.4 Å². The Labute approximate surface area is 191 Å². The van der Waals surface area contributed by atoms with Gasteiger partial charge in [0.2, 0.25) is 0 Å². The molecule has 0 saturated carbocycles. The predicted molar refractivity (Wildman–Crippen MR) is 121 cm³/mol. The van der Waals surface area contributed by atoms with Gasteiger partial charge in [0.15, 0.2) is 0 Å². The van der Waals surface area contributed by atoms with Crippen LogP contribution in [-0.4, -0.2) is 24.0 Å². The fourth-order valence-corrected chi connectivity index (χ4v) is 2.92. The van der Waals surface area contributed by atoms with Gasteiger partial charge in [-0.1, -0.05) is 23.7 Å². The Morgan fingerprint density at radius 1 is 0.903 bits per heavy atom. The lowest BCUT2D eigenvalue weighted by Gasteiger charge is -2.06. The molecule has 0 fully saturated rings. The first-order valence-corrected chi connectivity index (χ1v) is 10.1. The number of nitrogens with zero attached hydrogens (tertiary/aromatic N) is 1. The van der Waals surface area contributed by atoms with Crippen LogP contribution in [0.1, 0.15) is 15.9 Å². The lowest BCUT2D eigenvalue weighted by Crippen LogP contribution is -2.32. The molecule has 0 aromatic heterocycles. The van der Waals surface area contributed by atoms with Crippen molar-refractivity contribution >= 4 is 57.2 Å². The third-order valence-corrected chi connectivity index (χ3v) is 4.82. The highest BCUT2D eigenvalue weighted by Crippen LogP contribution is 2.19. The van der Waals surface area contributed by atoms with Crippen LogP contribution in [0.2, 0.25) is 5.02 Å². The minimum absolute atomic E-state index is 0.351. The summed E-state index contributed by atoms with van der Waals surface area (Å²) in [5.41, 5.74) is 3.60. The first-order chi connectivity index (χ1) is 14.9. The highest BCUT2D eigenvalue weighted by molar-refractivity contribution is 9.10. The number of hydrogen-bond acceptors (Lipinski definition) is 5. The number of ether oxygens (including phenoxy) is 1. The molecule has 0 heterocycles. The molecule has 0 saturated heterocycles. The van der Waals surface area contributed by atoms with Gasteiger partial charge in [0.25, 0.3) is 0 Å². The van der Waals surface area contributed by atoms with Gasteiger partial charge >= 0.3 is 17.8 Å². The zero-order valence-corrected chi connectivity index (χ0v) is 18.2. The van der Waals surface area contributed by atoms with Gasteiger partial charge in [-0.3, -0.25) is 9.59 Å². The minimum atomic E-state index is -0.926. The lowest BCUT2D eigenvalue weighted by atomic mass is 10.2. The van der Waals surface area contributed by atoms with Crippen molar-refractivity contribution in [3.63, 3.8) is 0 Å². The molecular formula is C22H15BrClN3O4. The summed E-state index contributed by atoms with van der Waals surface area (Å²) < 4.78 is 5.97. The van der Waals surface area contributed by atoms with E-state index in [-0.39, 0.29) is 0 Å². The summed E-state index contributed by atoms with van der Waals surface area (Å²) in [4.78, 5) is 35.9. The molecule has 9 heteroatoms. The van der Waals surface area contributed by atoms with Crippen LogP contribution >= 0.6 is 27.5 Å². The van der Waals surface area contributed by atoms with E-state index in [0.29, 0.717) is 32.1 Å². The Balaban J connectivity index is 1.51. The van der Waals surface area contributed by atoms with Crippen molar-refractivity contribution in [1.82, 2.24) is 5.43 Å². The zero-order valence-electron chi connectivity index (χ0n) is 15.8. The SMILES string of the molecule is O=C(N/N=C/c1ccc(OC(=O)c2ccccc2Br)cc1)C(=O)Nc1ccc(Cl)cc1. The summed E-state index contributed by atoms with van der Waals surface area (Å²) in [6.45, 7) is 0. The van der Waals surface area contributed by atoms with Crippen LogP contribution in [0, 0.1) is 0 Å². The Bertz CT molecular complexity index is 1130. The van der Waals surface area contributed by atoms with Gasteiger partial charge in [-0.2, -0.15) is 5.10 Å². The number of carbonyl (C=O) groups excluding carboxylic acids is 3. The maximum absolute atomic E-state index is 12.2. The molecule has 3 aromatic rings. The molecule has 0 aliphatic carbocycles. The van der Waals surface area contributed by atoms with Crippen molar-refractivity contribution in [2.75, 3.05) is 5.32 Å². The topological polar surface area (TPSA) is 96.9 Å². The smallest absolute Gasteiger partial charge is 0.344 e. The second kappa shape index (κ2) is 10.5. The van der Waals surface area contributed by atoms with Gasteiger partial charge in [-0.25, -0.2) is 10.2 Å². The quantitative estimate of drug-likeness (QED) is 0.178. The monoisotopic (exact) mass is 499 g/mol. The largest absolute Gasteiger partial charge is 0.423 e. The molecule has 0 aliphatic heterocycles. The van der Waals surface area contributed by atoms with Gasteiger partial charge in [0.05, 0.1) is 11.8 Å². The molecule has 0 radical (unpaired) electrons. The number of esters is 1. The fraction of sp³-hybridized carbons (Fsp3) is 0. The highest BCUT2D eigenvalue weighted by Gasteiger charge is 2.13. The van der Waals surface area contributed by atoms with Crippen LogP contribution in [0.25, 0.3) is 0 Å². The molecule has 0 aliphatic rings. The Morgan fingerprint density at radius 2 is 1.58 bits per heavy atom. The van der Waals surface area contributed by atoms with Gasteiger partial charge < -0.3 is 10.1 Å². The third-order valence-electron chi connectivity index (χ3n) is 3.87. The van der Waals surface area contributed by atoms with Crippen molar-refractivity contribution < 1.29 is 19.1 Å². The number of rotatable bonds is 5. The van der Waals surface area contributed by atoms with Gasteiger partial charge in [-0.15, -0.1) is 0 Å². The van der Waals surface area contributed by atoms with Gasteiger partial charge in [0.1, 0.15) is 5.75 Å². The molecule has 2 N–H and O–H groups in total. The first kappa shape index (κ1) is 22.2. The molecule has 3 rings (SSSR count).